The molecule has 0 saturated carbocycles. The first-order valence-electron chi connectivity index (χ1n) is 15.4. The Morgan fingerprint density at radius 2 is 1.79 bits per heavy atom. The van der Waals surface area contributed by atoms with Crippen molar-refractivity contribution in [1.82, 2.24) is 15.1 Å². The Bertz CT molecular complexity index is 1280. The Hall–Kier alpha value is -3.50. The van der Waals surface area contributed by atoms with Gasteiger partial charge in [-0.05, 0) is 38.2 Å². The summed E-state index contributed by atoms with van der Waals surface area (Å²) in [6.45, 7) is 7.93. The third kappa shape index (κ3) is 5.74. The largest absolute Gasteiger partial charge is 0.455 e. The van der Waals surface area contributed by atoms with Gasteiger partial charge < -0.3 is 29.7 Å². The maximum atomic E-state index is 14.6. The van der Waals surface area contributed by atoms with Gasteiger partial charge in [-0.3, -0.25) is 19.2 Å². The SMILES string of the molecule is CC(C)C[C@H](CO)N1C(=O)[C@@H]2[C@H]3C(=O)O[C@H](c4ccccc4)CNC(=O)CC/C=C\[C@H]3O[C@@]23C=CCN(C(C)C)C(=O)[C@@H]13. The van der Waals surface area contributed by atoms with Crippen LogP contribution in [-0.4, -0.2) is 88.1 Å². The molecule has 232 valence electrons. The lowest BCUT2D eigenvalue weighted by atomic mass is 9.77. The van der Waals surface area contributed by atoms with Gasteiger partial charge in [0.05, 0.1) is 31.2 Å². The van der Waals surface area contributed by atoms with Gasteiger partial charge in [0, 0.05) is 19.0 Å². The van der Waals surface area contributed by atoms with E-state index in [1.165, 1.54) is 4.90 Å². The molecule has 0 aliphatic carbocycles. The predicted octanol–water partition coefficient (Wildman–Crippen LogP) is 2.53. The van der Waals surface area contributed by atoms with Crippen molar-refractivity contribution < 1.29 is 33.8 Å². The number of hydrogen-bond acceptors (Lipinski definition) is 7. The number of fused-ring (bicyclic) bond motifs is 2. The van der Waals surface area contributed by atoms with Crippen molar-refractivity contribution in [1.29, 1.82) is 0 Å². The van der Waals surface area contributed by atoms with Crippen molar-refractivity contribution in [2.24, 2.45) is 17.8 Å². The van der Waals surface area contributed by atoms with Crippen LogP contribution < -0.4 is 5.32 Å². The van der Waals surface area contributed by atoms with Gasteiger partial charge in [0.2, 0.25) is 17.7 Å². The number of hydrogen-bond donors (Lipinski definition) is 2. The smallest absolute Gasteiger partial charge is 0.313 e. The van der Waals surface area contributed by atoms with Crippen molar-refractivity contribution >= 4 is 23.7 Å². The number of nitrogens with one attached hydrogen (secondary N) is 1. The number of rotatable bonds is 6. The van der Waals surface area contributed by atoms with Crippen LogP contribution in [0.2, 0.25) is 0 Å². The summed E-state index contributed by atoms with van der Waals surface area (Å²) in [6.07, 6.45) is 6.64. The van der Waals surface area contributed by atoms with E-state index in [9.17, 15) is 24.3 Å². The highest BCUT2D eigenvalue weighted by Crippen LogP contribution is 2.54. The van der Waals surface area contributed by atoms with Crippen molar-refractivity contribution in [3.63, 3.8) is 0 Å². The van der Waals surface area contributed by atoms with Gasteiger partial charge >= 0.3 is 5.97 Å². The first-order valence-corrected chi connectivity index (χ1v) is 15.4. The van der Waals surface area contributed by atoms with E-state index in [1.54, 1.807) is 23.1 Å². The molecule has 4 aliphatic rings. The summed E-state index contributed by atoms with van der Waals surface area (Å²) in [7, 11) is 0. The molecular weight excluding hydrogens is 550 g/mol. The van der Waals surface area contributed by atoms with Gasteiger partial charge in [-0.15, -0.1) is 0 Å². The summed E-state index contributed by atoms with van der Waals surface area (Å²) >= 11 is 0. The van der Waals surface area contributed by atoms with E-state index in [2.05, 4.69) is 5.32 Å². The quantitative estimate of drug-likeness (QED) is 0.384. The van der Waals surface area contributed by atoms with E-state index in [0.29, 0.717) is 24.9 Å². The molecule has 43 heavy (non-hydrogen) atoms. The minimum absolute atomic E-state index is 0.0811. The molecule has 2 N–H and O–H groups in total. The molecule has 1 spiro atoms. The Balaban J connectivity index is 1.62. The fraction of sp³-hybridized carbons (Fsp3) is 0.576. The number of esters is 1. The molecule has 5 rings (SSSR count). The third-order valence-electron chi connectivity index (χ3n) is 8.98. The lowest BCUT2D eigenvalue weighted by molar-refractivity contribution is -0.161. The first kappa shape index (κ1) is 30.9. The minimum Gasteiger partial charge on any atom is -0.455 e. The number of benzene rings is 1. The summed E-state index contributed by atoms with van der Waals surface area (Å²) in [4.78, 5) is 58.8. The highest BCUT2D eigenvalue weighted by molar-refractivity contribution is 5.99. The number of carbonyl (C=O) groups excluding carboxylic acids is 4. The topological polar surface area (TPSA) is 125 Å². The second-order valence-corrected chi connectivity index (χ2v) is 12.6. The molecule has 3 amide bonds. The van der Waals surface area contributed by atoms with Crippen LogP contribution in [-0.2, 0) is 28.7 Å². The number of ether oxygens (including phenoxy) is 2. The van der Waals surface area contributed by atoms with Crippen molar-refractivity contribution in [3.05, 3.63) is 60.2 Å². The highest BCUT2D eigenvalue weighted by Gasteiger charge is 2.72. The molecule has 10 nitrogen and oxygen atoms in total. The number of aliphatic hydroxyl groups is 1. The lowest BCUT2D eigenvalue weighted by Gasteiger charge is -2.39. The van der Waals surface area contributed by atoms with Crippen molar-refractivity contribution in [2.45, 2.75) is 82.9 Å². The van der Waals surface area contributed by atoms with Gasteiger partial charge in [0.1, 0.15) is 23.7 Å². The van der Waals surface area contributed by atoms with Gasteiger partial charge in [-0.25, -0.2) is 0 Å². The highest BCUT2D eigenvalue weighted by atomic mass is 16.6. The second-order valence-electron chi connectivity index (χ2n) is 12.6. The molecule has 0 bridgehead atoms. The fourth-order valence-corrected chi connectivity index (χ4v) is 7.04. The third-order valence-corrected chi connectivity index (χ3v) is 8.98. The maximum absolute atomic E-state index is 14.6. The van der Waals surface area contributed by atoms with Crippen LogP contribution in [0.15, 0.2) is 54.6 Å². The van der Waals surface area contributed by atoms with Crippen LogP contribution in [0.25, 0.3) is 0 Å². The Morgan fingerprint density at radius 3 is 2.47 bits per heavy atom. The average molecular weight is 594 g/mol. The molecule has 0 radical (unpaired) electrons. The summed E-state index contributed by atoms with van der Waals surface area (Å²) in [6, 6.07) is 7.33. The molecule has 1 aromatic carbocycles. The van der Waals surface area contributed by atoms with Gasteiger partial charge in [0.25, 0.3) is 0 Å². The van der Waals surface area contributed by atoms with Crippen LogP contribution in [0.1, 0.15) is 58.6 Å². The van der Waals surface area contributed by atoms with Crippen LogP contribution in [0.5, 0.6) is 0 Å². The summed E-state index contributed by atoms with van der Waals surface area (Å²) in [5.74, 6) is -3.42. The van der Waals surface area contributed by atoms with Crippen LogP contribution >= 0.6 is 0 Å². The molecule has 0 unspecified atom stereocenters. The molecule has 1 aromatic rings. The van der Waals surface area contributed by atoms with Gasteiger partial charge in [0.15, 0.2) is 0 Å². The summed E-state index contributed by atoms with van der Waals surface area (Å²) in [5.41, 5.74) is -0.724. The molecule has 7 atom stereocenters. The molecule has 4 heterocycles. The monoisotopic (exact) mass is 593 g/mol. The average Bonchev–Trinajstić information content (AvgIpc) is 3.36. The second kappa shape index (κ2) is 12.6. The standard InChI is InChI=1S/C33H43N3O7/c1-20(2)17-23(19-37)36-29-31(40)35(21(3)4)16-10-15-33(29)28(30(36)39)27-24(43-33)13-8-9-14-26(38)34-18-25(42-32(27)41)22-11-6-5-7-12-22/h5-8,10-13,15,20-21,23-25,27-29,37H,9,14,16-19H2,1-4H3,(H,34,38)/b13-8-/t23-,24-,25+,27+,28+,29-,33+/m1/s1. The molecule has 2 fully saturated rings. The normalized spacial score (nSPS) is 32.8. The molecule has 10 heteroatoms. The van der Waals surface area contributed by atoms with Crippen LogP contribution in [0.4, 0.5) is 0 Å². The van der Waals surface area contributed by atoms with E-state index >= 15 is 0 Å². The Kier molecular flexibility index (Phi) is 9.08. The summed E-state index contributed by atoms with van der Waals surface area (Å²) in [5, 5.41) is 13.4. The molecule has 0 aromatic heterocycles. The number of amides is 3. The zero-order valence-electron chi connectivity index (χ0n) is 25.3. The zero-order chi connectivity index (χ0) is 30.9. The molecular formula is C33H43N3O7. The van der Waals surface area contributed by atoms with E-state index in [1.807, 2.05) is 64.1 Å². The number of carbonyl (C=O) groups is 4. The predicted molar refractivity (Wildman–Crippen MR) is 158 cm³/mol. The summed E-state index contributed by atoms with van der Waals surface area (Å²) < 4.78 is 12.8. The first-order chi connectivity index (χ1) is 20.6. The minimum atomic E-state index is -1.43. The van der Waals surface area contributed by atoms with Crippen molar-refractivity contribution in [2.75, 3.05) is 19.7 Å². The number of aliphatic hydroxyl groups excluding tert-OH is 1. The van der Waals surface area contributed by atoms with Crippen molar-refractivity contribution in [3.8, 4) is 0 Å². The number of allylic oxidation sites excluding steroid dienone is 1. The molecule has 4 aliphatic heterocycles. The van der Waals surface area contributed by atoms with Gasteiger partial charge in [-0.2, -0.15) is 0 Å². The number of nitrogens with zero attached hydrogens (tertiary/aromatic N) is 2. The van der Waals surface area contributed by atoms with Crippen LogP contribution in [0.3, 0.4) is 0 Å². The van der Waals surface area contributed by atoms with E-state index in [4.69, 9.17) is 9.47 Å². The lowest BCUT2D eigenvalue weighted by Crippen LogP contribution is -2.59. The van der Waals surface area contributed by atoms with Crippen LogP contribution in [0, 0.1) is 17.8 Å². The van der Waals surface area contributed by atoms with Gasteiger partial charge in [-0.1, -0.05) is 68.5 Å². The maximum Gasteiger partial charge on any atom is 0.313 e. The van der Waals surface area contributed by atoms with E-state index in [0.717, 1.165) is 0 Å². The van der Waals surface area contributed by atoms with E-state index < -0.39 is 53.6 Å². The fourth-order valence-electron chi connectivity index (χ4n) is 7.04. The number of cyclic esters (lactones) is 1. The van der Waals surface area contributed by atoms with E-state index in [-0.39, 0.29) is 43.3 Å². The Morgan fingerprint density at radius 1 is 1.05 bits per heavy atom. The molecule has 2 saturated heterocycles. The Labute approximate surface area is 253 Å². The zero-order valence-corrected chi connectivity index (χ0v) is 25.3. The number of likely N-dealkylation sites (tertiary alicyclic amines) is 1.